The second kappa shape index (κ2) is 8.61. The van der Waals surface area contributed by atoms with E-state index in [2.05, 4.69) is 36.5 Å². The van der Waals surface area contributed by atoms with Crippen molar-refractivity contribution < 1.29 is 4.74 Å². The Hall–Kier alpha value is -0.450. The third-order valence-electron chi connectivity index (χ3n) is 2.47. The third-order valence-corrected chi connectivity index (χ3v) is 3.51. The zero-order valence-corrected chi connectivity index (χ0v) is 12.0. The summed E-state index contributed by atoms with van der Waals surface area (Å²) in [6, 6.07) is 0. The molecule has 0 atom stereocenters. The quantitative estimate of drug-likeness (QED) is 0.690. The lowest BCUT2D eigenvalue weighted by Crippen LogP contribution is -2.19. The first-order valence-electron chi connectivity index (χ1n) is 6.44. The number of rotatable bonds is 9. The molecule has 0 spiro atoms. The van der Waals surface area contributed by atoms with E-state index in [9.17, 15) is 0 Å². The predicted octanol–water partition coefficient (Wildman–Crippen LogP) is 2.86. The summed E-state index contributed by atoms with van der Waals surface area (Å²) >= 11 is 1.74. The zero-order valence-electron chi connectivity index (χ0n) is 11.2. The van der Waals surface area contributed by atoms with Crippen molar-refractivity contribution in [3.8, 4) is 0 Å². The van der Waals surface area contributed by atoms with Gasteiger partial charge in [0.25, 0.3) is 0 Å². The Balaban J connectivity index is 1.97. The summed E-state index contributed by atoms with van der Waals surface area (Å²) in [4.78, 5) is 4.50. The number of aromatic nitrogens is 1. The maximum atomic E-state index is 5.53. The topological polar surface area (TPSA) is 34.2 Å². The van der Waals surface area contributed by atoms with E-state index in [1.165, 1.54) is 5.01 Å². The maximum absolute atomic E-state index is 5.53. The van der Waals surface area contributed by atoms with Crippen molar-refractivity contribution in [2.24, 2.45) is 5.92 Å². The molecule has 1 rings (SSSR count). The standard InChI is InChI=1S/C13H24N2OS/c1-4-13-15-12(10-17-13)9-14-6-8-16-7-5-11(2)3/h10-11,14H,4-9H2,1-3H3. The SMILES string of the molecule is CCc1nc(CNCCOCCC(C)C)cs1. The third kappa shape index (κ3) is 6.76. The highest BCUT2D eigenvalue weighted by Crippen LogP contribution is 2.09. The molecule has 17 heavy (non-hydrogen) atoms. The summed E-state index contributed by atoms with van der Waals surface area (Å²) in [5.41, 5.74) is 1.15. The van der Waals surface area contributed by atoms with E-state index in [1.54, 1.807) is 11.3 Å². The van der Waals surface area contributed by atoms with Crippen LogP contribution < -0.4 is 5.32 Å². The van der Waals surface area contributed by atoms with Gasteiger partial charge in [0.2, 0.25) is 0 Å². The van der Waals surface area contributed by atoms with Crippen LogP contribution in [-0.4, -0.2) is 24.7 Å². The molecule has 0 fully saturated rings. The second-order valence-electron chi connectivity index (χ2n) is 4.56. The second-order valence-corrected chi connectivity index (χ2v) is 5.50. The largest absolute Gasteiger partial charge is 0.380 e. The molecule has 0 saturated heterocycles. The number of nitrogens with one attached hydrogen (secondary N) is 1. The lowest BCUT2D eigenvalue weighted by Gasteiger charge is -2.06. The van der Waals surface area contributed by atoms with Crippen molar-refractivity contribution in [1.29, 1.82) is 0 Å². The molecule has 0 aromatic carbocycles. The molecule has 0 aliphatic carbocycles. The Bertz CT molecular complexity index is 299. The Morgan fingerprint density at radius 3 is 2.88 bits per heavy atom. The van der Waals surface area contributed by atoms with Crippen LogP contribution >= 0.6 is 11.3 Å². The molecule has 1 N–H and O–H groups in total. The highest BCUT2D eigenvalue weighted by molar-refractivity contribution is 7.09. The smallest absolute Gasteiger partial charge is 0.0926 e. The minimum absolute atomic E-state index is 0.727. The van der Waals surface area contributed by atoms with Gasteiger partial charge in [0, 0.05) is 25.1 Å². The van der Waals surface area contributed by atoms with Crippen LogP contribution in [0.2, 0.25) is 0 Å². The van der Waals surface area contributed by atoms with Gasteiger partial charge < -0.3 is 10.1 Å². The van der Waals surface area contributed by atoms with Crippen LogP contribution in [0.4, 0.5) is 0 Å². The lowest BCUT2D eigenvalue weighted by molar-refractivity contribution is 0.125. The maximum Gasteiger partial charge on any atom is 0.0926 e. The molecule has 0 saturated carbocycles. The summed E-state index contributed by atoms with van der Waals surface area (Å²) in [7, 11) is 0. The fraction of sp³-hybridized carbons (Fsp3) is 0.769. The normalized spacial score (nSPS) is 11.3. The zero-order chi connectivity index (χ0) is 12.5. The van der Waals surface area contributed by atoms with Gasteiger partial charge in [-0.05, 0) is 18.8 Å². The predicted molar refractivity (Wildman–Crippen MR) is 73.5 cm³/mol. The first-order chi connectivity index (χ1) is 8.22. The molecule has 0 aliphatic heterocycles. The molecule has 0 unspecified atom stereocenters. The summed E-state index contributed by atoms with van der Waals surface area (Å²) in [6.45, 7) is 9.98. The van der Waals surface area contributed by atoms with Gasteiger partial charge in [0.05, 0.1) is 17.3 Å². The number of hydrogen-bond donors (Lipinski definition) is 1. The highest BCUT2D eigenvalue weighted by Gasteiger charge is 1.99. The first kappa shape index (κ1) is 14.6. The number of hydrogen-bond acceptors (Lipinski definition) is 4. The molecule has 98 valence electrons. The molecule has 1 heterocycles. The number of thiazole rings is 1. The number of nitrogens with zero attached hydrogens (tertiary/aromatic N) is 1. The van der Waals surface area contributed by atoms with Crippen LogP contribution in [-0.2, 0) is 17.7 Å². The van der Waals surface area contributed by atoms with Crippen LogP contribution in [0.5, 0.6) is 0 Å². The fourth-order valence-corrected chi connectivity index (χ4v) is 2.12. The van der Waals surface area contributed by atoms with Crippen LogP contribution in [0.25, 0.3) is 0 Å². The summed E-state index contributed by atoms with van der Waals surface area (Å²) in [5.74, 6) is 0.727. The lowest BCUT2D eigenvalue weighted by atomic mass is 10.1. The van der Waals surface area contributed by atoms with Crippen LogP contribution in [0.3, 0.4) is 0 Å². The number of ether oxygens (including phenoxy) is 1. The van der Waals surface area contributed by atoms with Gasteiger partial charge in [-0.3, -0.25) is 0 Å². The Kier molecular flexibility index (Phi) is 7.40. The summed E-state index contributed by atoms with van der Waals surface area (Å²) in [6.07, 6.45) is 2.18. The van der Waals surface area contributed by atoms with Crippen molar-refractivity contribution >= 4 is 11.3 Å². The number of aryl methyl sites for hydroxylation is 1. The van der Waals surface area contributed by atoms with Crippen molar-refractivity contribution in [2.45, 2.75) is 40.2 Å². The summed E-state index contributed by atoms with van der Waals surface area (Å²) < 4.78 is 5.53. The van der Waals surface area contributed by atoms with Crippen molar-refractivity contribution in [3.05, 3.63) is 16.1 Å². The van der Waals surface area contributed by atoms with Gasteiger partial charge in [-0.2, -0.15) is 0 Å². The van der Waals surface area contributed by atoms with Crippen LogP contribution in [0, 0.1) is 5.92 Å². The van der Waals surface area contributed by atoms with Crippen molar-refractivity contribution in [2.75, 3.05) is 19.8 Å². The molecule has 0 bridgehead atoms. The molecule has 4 heteroatoms. The van der Waals surface area contributed by atoms with E-state index < -0.39 is 0 Å². The average Bonchev–Trinajstić information content (AvgIpc) is 2.75. The van der Waals surface area contributed by atoms with E-state index in [0.29, 0.717) is 0 Å². The first-order valence-corrected chi connectivity index (χ1v) is 7.32. The molecular formula is C13H24N2OS. The Labute approximate surface area is 109 Å². The van der Waals surface area contributed by atoms with Crippen molar-refractivity contribution in [1.82, 2.24) is 10.3 Å². The van der Waals surface area contributed by atoms with Crippen LogP contribution in [0.15, 0.2) is 5.38 Å². The Morgan fingerprint density at radius 1 is 1.41 bits per heavy atom. The molecule has 1 aromatic rings. The van der Waals surface area contributed by atoms with Gasteiger partial charge >= 0.3 is 0 Å². The van der Waals surface area contributed by atoms with Gasteiger partial charge in [-0.15, -0.1) is 11.3 Å². The molecule has 3 nitrogen and oxygen atoms in total. The Morgan fingerprint density at radius 2 is 2.24 bits per heavy atom. The monoisotopic (exact) mass is 256 g/mol. The average molecular weight is 256 g/mol. The molecule has 1 aromatic heterocycles. The summed E-state index contributed by atoms with van der Waals surface area (Å²) in [5, 5.41) is 6.69. The molecule has 0 amide bonds. The molecular weight excluding hydrogens is 232 g/mol. The van der Waals surface area contributed by atoms with E-state index >= 15 is 0 Å². The van der Waals surface area contributed by atoms with Gasteiger partial charge in [0.1, 0.15) is 0 Å². The highest BCUT2D eigenvalue weighted by atomic mass is 32.1. The minimum atomic E-state index is 0.727. The van der Waals surface area contributed by atoms with E-state index in [4.69, 9.17) is 4.74 Å². The molecule has 0 aliphatic rings. The van der Waals surface area contributed by atoms with Crippen molar-refractivity contribution in [3.63, 3.8) is 0 Å². The van der Waals surface area contributed by atoms with Crippen LogP contribution in [0.1, 0.15) is 37.9 Å². The molecule has 0 radical (unpaired) electrons. The van der Waals surface area contributed by atoms with E-state index in [1.807, 2.05) is 0 Å². The minimum Gasteiger partial charge on any atom is -0.380 e. The van der Waals surface area contributed by atoms with Gasteiger partial charge in [0.15, 0.2) is 0 Å². The van der Waals surface area contributed by atoms with Gasteiger partial charge in [-0.25, -0.2) is 4.98 Å². The van der Waals surface area contributed by atoms with E-state index in [-0.39, 0.29) is 0 Å². The van der Waals surface area contributed by atoms with E-state index in [0.717, 1.165) is 50.8 Å². The fourth-order valence-electron chi connectivity index (χ4n) is 1.37. The van der Waals surface area contributed by atoms with Gasteiger partial charge in [-0.1, -0.05) is 20.8 Å².